The molecule has 4 aromatic rings. The molecule has 1 aliphatic rings. The van der Waals surface area contributed by atoms with Gasteiger partial charge in [-0.1, -0.05) is 60.2 Å². The number of aryl methyl sites for hydroxylation is 2. The van der Waals surface area contributed by atoms with E-state index in [1.54, 1.807) is 53.9 Å². The molecule has 8 heteroatoms. The first-order valence-corrected chi connectivity index (χ1v) is 14.1. The number of ketones is 1. The number of nitrogens with zero attached hydrogens (tertiary/aromatic N) is 2. The number of rotatable bonds is 6. The third kappa shape index (κ3) is 5.01. The number of nitriles is 1. The highest BCUT2D eigenvalue weighted by Gasteiger charge is 2.65. The predicted molar refractivity (Wildman–Crippen MR) is 158 cm³/mol. The van der Waals surface area contributed by atoms with Crippen LogP contribution in [0.1, 0.15) is 56.4 Å². The second-order valence-corrected chi connectivity index (χ2v) is 11.5. The second kappa shape index (κ2) is 11.0. The smallest absolute Gasteiger partial charge is 0.330 e. The van der Waals surface area contributed by atoms with Crippen LogP contribution in [-0.2, 0) is 4.79 Å². The lowest BCUT2D eigenvalue weighted by atomic mass is 9.72. The number of amides is 2. The summed E-state index contributed by atoms with van der Waals surface area (Å²) in [5.41, 5.74) is 2.19. The summed E-state index contributed by atoms with van der Waals surface area (Å²) >= 11 is 1.28. The first-order chi connectivity index (χ1) is 19.6. The molecule has 0 spiro atoms. The van der Waals surface area contributed by atoms with E-state index in [1.165, 1.54) is 23.2 Å². The number of aliphatic carboxylic acids is 1. The van der Waals surface area contributed by atoms with Gasteiger partial charge < -0.3 is 10.4 Å². The van der Waals surface area contributed by atoms with Crippen molar-refractivity contribution < 1.29 is 19.5 Å². The van der Waals surface area contributed by atoms with Crippen LogP contribution in [0.5, 0.6) is 0 Å². The molecule has 41 heavy (non-hydrogen) atoms. The summed E-state index contributed by atoms with van der Waals surface area (Å²) in [6.45, 7) is 5.33. The molecule has 1 aliphatic heterocycles. The maximum Gasteiger partial charge on any atom is 0.330 e. The highest BCUT2D eigenvalue weighted by Crippen LogP contribution is 2.57. The molecule has 2 N–H and O–H groups in total. The Hall–Kier alpha value is -4.74. The maximum atomic E-state index is 14.4. The predicted octanol–water partition coefficient (Wildman–Crippen LogP) is 6.95. The Balaban J connectivity index is 1.77. The zero-order chi connectivity index (χ0) is 29.3. The van der Waals surface area contributed by atoms with Gasteiger partial charge in [0.2, 0.25) is 0 Å². The Bertz CT molecular complexity index is 1660. The quantitative estimate of drug-likeness (QED) is 0.247. The summed E-state index contributed by atoms with van der Waals surface area (Å²) < 4.78 is 0. The number of thiophene rings is 1. The number of hydrogen-bond donors (Lipinski definition) is 2. The minimum Gasteiger partial charge on any atom is -0.479 e. The lowest BCUT2D eigenvalue weighted by Crippen LogP contribution is -2.55. The number of likely N-dealkylation sites (tertiary alicyclic amines) is 1. The molecule has 206 valence electrons. The number of benzene rings is 3. The van der Waals surface area contributed by atoms with Gasteiger partial charge in [0.15, 0.2) is 5.78 Å². The van der Waals surface area contributed by atoms with Crippen LogP contribution < -0.4 is 5.32 Å². The number of anilines is 1. The molecule has 5 rings (SSSR count). The van der Waals surface area contributed by atoms with Crippen molar-refractivity contribution in [2.75, 3.05) is 5.32 Å². The Morgan fingerprint density at radius 3 is 2.20 bits per heavy atom. The minimum absolute atomic E-state index is 0.237. The topological polar surface area (TPSA) is 111 Å². The number of carboxylic acid groups (broad SMARTS) is 1. The summed E-state index contributed by atoms with van der Waals surface area (Å²) in [5, 5.41) is 25.0. The van der Waals surface area contributed by atoms with Gasteiger partial charge in [-0.3, -0.25) is 9.69 Å². The average Bonchev–Trinajstić information content (AvgIpc) is 3.58. The molecule has 3 aromatic carbocycles. The Morgan fingerprint density at radius 1 is 0.927 bits per heavy atom. The molecule has 4 atom stereocenters. The summed E-state index contributed by atoms with van der Waals surface area (Å²) in [4.78, 5) is 43.8. The molecule has 2 heterocycles. The maximum absolute atomic E-state index is 14.4. The van der Waals surface area contributed by atoms with E-state index in [2.05, 4.69) is 11.4 Å². The van der Waals surface area contributed by atoms with Crippen LogP contribution in [-0.4, -0.2) is 33.3 Å². The van der Waals surface area contributed by atoms with Crippen LogP contribution >= 0.6 is 11.3 Å². The first kappa shape index (κ1) is 27.8. The number of hydrogen-bond acceptors (Lipinski definition) is 5. The van der Waals surface area contributed by atoms with E-state index in [0.29, 0.717) is 27.3 Å². The van der Waals surface area contributed by atoms with Gasteiger partial charge in [0, 0.05) is 11.6 Å². The van der Waals surface area contributed by atoms with Crippen LogP contribution in [0.3, 0.4) is 0 Å². The Morgan fingerprint density at radius 2 is 1.61 bits per heavy atom. The van der Waals surface area contributed by atoms with Crippen molar-refractivity contribution in [2.24, 2.45) is 5.92 Å². The SMILES string of the molecule is Cc1cccc(NC(=O)N2C(c3cccc(C)c3)C(C(=O)c3cccs3)C(c3ccc(C#N)cc3)C2(C)C(=O)O)c1. The zero-order valence-corrected chi connectivity index (χ0v) is 23.7. The third-order valence-electron chi connectivity index (χ3n) is 7.85. The number of carboxylic acids is 1. The molecular formula is C33H29N3O4S. The molecule has 1 saturated heterocycles. The molecule has 7 nitrogen and oxygen atoms in total. The fourth-order valence-electron chi connectivity index (χ4n) is 6.00. The van der Waals surface area contributed by atoms with E-state index < -0.39 is 35.4 Å². The largest absolute Gasteiger partial charge is 0.479 e. The number of carbonyl (C=O) groups is 3. The first-order valence-electron chi connectivity index (χ1n) is 13.2. The number of urea groups is 1. The number of carbonyl (C=O) groups excluding carboxylic acids is 2. The van der Waals surface area contributed by atoms with Crippen molar-refractivity contribution in [1.82, 2.24) is 4.90 Å². The summed E-state index contributed by atoms with van der Waals surface area (Å²) in [6, 6.07) is 25.4. The van der Waals surface area contributed by atoms with Gasteiger partial charge in [0.25, 0.3) is 0 Å². The average molecular weight is 564 g/mol. The summed E-state index contributed by atoms with van der Waals surface area (Å²) in [5.74, 6) is -3.31. The lowest BCUT2D eigenvalue weighted by Gasteiger charge is -2.37. The fourth-order valence-corrected chi connectivity index (χ4v) is 6.71. The van der Waals surface area contributed by atoms with Crippen molar-refractivity contribution in [3.05, 3.63) is 123 Å². The van der Waals surface area contributed by atoms with Crippen LogP contribution in [0, 0.1) is 31.1 Å². The van der Waals surface area contributed by atoms with E-state index in [0.717, 1.165) is 11.1 Å². The number of Topliss-reactive ketones (excluding diaryl/α,β-unsaturated/α-hetero) is 1. The van der Waals surface area contributed by atoms with Gasteiger partial charge in [0.05, 0.1) is 28.5 Å². The minimum atomic E-state index is -1.83. The normalized spacial score (nSPS) is 21.7. The van der Waals surface area contributed by atoms with Gasteiger partial charge in [-0.15, -0.1) is 11.3 Å². The highest BCUT2D eigenvalue weighted by molar-refractivity contribution is 7.12. The zero-order valence-electron chi connectivity index (χ0n) is 22.9. The molecule has 0 saturated carbocycles. The third-order valence-corrected chi connectivity index (χ3v) is 8.74. The van der Waals surface area contributed by atoms with E-state index >= 15 is 0 Å². The Kier molecular flexibility index (Phi) is 7.48. The van der Waals surface area contributed by atoms with E-state index in [-0.39, 0.29) is 5.78 Å². The van der Waals surface area contributed by atoms with Crippen LogP contribution in [0.2, 0.25) is 0 Å². The molecule has 2 amide bonds. The second-order valence-electron chi connectivity index (χ2n) is 10.6. The van der Waals surface area contributed by atoms with Crippen LogP contribution in [0.4, 0.5) is 10.5 Å². The molecule has 4 unspecified atom stereocenters. The van der Waals surface area contributed by atoms with Crippen molar-refractivity contribution >= 4 is 34.8 Å². The van der Waals surface area contributed by atoms with E-state index in [4.69, 9.17) is 0 Å². The number of nitrogens with one attached hydrogen (secondary N) is 1. The van der Waals surface area contributed by atoms with Crippen molar-refractivity contribution in [2.45, 2.75) is 38.3 Å². The van der Waals surface area contributed by atoms with Crippen LogP contribution in [0.25, 0.3) is 0 Å². The van der Waals surface area contributed by atoms with Crippen molar-refractivity contribution in [3.63, 3.8) is 0 Å². The standard InChI is InChI=1S/C33H29N3O4S/c1-20-7-4-9-24(17-20)29-27(30(37)26-11-6-16-41-26)28(23-14-12-22(19-34)13-15-23)33(3,31(38)39)36(29)32(40)35-25-10-5-8-21(2)18-25/h4-18,27-29H,1-3H3,(H,35,40)(H,38,39). The monoisotopic (exact) mass is 563 g/mol. The van der Waals surface area contributed by atoms with Gasteiger partial charge >= 0.3 is 12.0 Å². The fraction of sp³-hybridized carbons (Fsp3) is 0.212. The highest BCUT2D eigenvalue weighted by atomic mass is 32.1. The van der Waals surface area contributed by atoms with Gasteiger partial charge in [-0.05, 0) is 73.2 Å². The molecule has 1 aromatic heterocycles. The Labute approximate surface area is 242 Å². The van der Waals surface area contributed by atoms with Crippen molar-refractivity contribution in [1.29, 1.82) is 5.26 Å². The molecular weight excluding hydrogens is 534 g/mol. The summed E-state index contributed by atoms with van der Waals surface area (Å²) in [7, 11) is 0. The van der Waals surface area contributed by atoms with Gasteiger partial charge in [0.1, 0.15) is 5.54 Å². The molecule has 0 aliphatic carbocycles. The van der Waals surface area contributed by atoms with Crippen LogP contribution in [0.15, 0.2) is 90.3 Å². The molecule has 1 fully saturated rings. The van der Waals surface area contributed by atoms with Gasteiger partial charge in [-0.25, -0.2) is 9.59 Å². The molecule has 0 radical (unpaired) electrons. The van der Waals surface area contributed by atoms with E-state index in [9.17, 15) is 24.8 Å². The lowest BCUT2D eigenvalue weighted by molar-refractivity contribution is -0.148. The van der Waals surface area contributed by atoms with Crippen molar-refractivity contribution in [3.8, 4) is 6.07 Å². The van der Waals surface area contributed by atoms with Gasteiger partial charge in [-0.2, -0.15) is 5.26 Å². The molecule has 0 bridgehead atoms. The summed E-state index contributed by atoms with van der Waals surface area (Å²) in [6.07, 6.45) is 0. The van der Waals surface area contributed by atoms with E-state index in [1.807, 2.05) is 50.2 Å².